The van der Waals surface area contributed by atoms with Gasteiger partial charge in [0.15, 0.2) is 0 Å². The lowest BCUT2D eigenvalue weighted by molar-refractivity contribution is 0.0815. The highest BCUT2D eigenvalue weighted by Gasteiger charge is 2.30. The summed E-state index contributed by atoms with van der Waals surface area (Å²) in [5, 5.41) is 4.08. The molecule has 0 radical (unpaired) electrons. The molecule has 24 heavy (non-hydrogen) atoms. The molecule has 0 atom stereocenters. The van der Waals surface area contributed by atoms with Crippen LogP contribution in [0.2, 0.25) is 0 Å². The van der Waals surface area contributed by atoms with Crippen LogP contribution < -0.4 is 0 Å². The third kappa shape index (κ3) is 1.71. The van der Waals surface area contributed by atoms with Gasteiger partial charge in [0, 0.05) is 11.1 Å². The SMILES string of the molecule is O=C1C(=O)c2cc3ccccc3cc2-c2cc3ccccc3cc21. The Kier molecular flexibility index (Phi) is 2.54. The molecule has 4 aromatic rings. The minimum Gasteiger partial charge on any atom is -0.285 e. The Hall–Kier alpha value is -3.26. The first-order valence-electron chi connectivity index (χ1n) is 7.87. The van der Waals surface area contributed by atoms with Gasteiger partial charge >= 0.3 is 0 Å². The predicted molar refractivity (Wildman–Crippen MR) is 95.6 cm³/mol. The minimum atomic E-state index is -0.418. The highest BCUT2D eigenvalue weighted by atomic mass is 16.2. The Morgan fingerprint density at radius 3 is 1.04 bits per heavy atom. The summed E-state index contributed by atoms with van der Waals surface area (Å²) >= 11 is 0. The van der Waals surface area contributed by atoms with Crippen LogP contribution in [0.5, 0.6) is 0 Å². The van der Waals surface area contributed by atoms with Gasteiger partial charge in [0.05, 0.1) is 0 Å². The summed E-state index contributed by atoms with van der Waals surface area (Å²) in [7, 11) is 0. The van der Waals surface area contributed by atoms with Crippen LogP contribution in [0.1, 0.15) is 20.7 Å². The number of benzene rings is 4. The maximum atomic E-state index is 12.6. The first-order valence-corrected chi connectivity index (χ1v) is 7.87. The summed E-state index contributed by atoms with van der Waals surface area (Å²) in [4.78, 5) is 25.2. The van der Waals surface area contributed by atoms with Crippen LogP contribution >= 0.6 is 0 Å². The molecule has 0 aliphatic heterocycles. The van der Waals surface area contributed by atoms with Crippen LogP contribution in [0.3, 0.4) is 0 Å². The molecule has 0 N–H and O–H groups in total. The fourth-order valence-corrected chi connectivity index (χ4v) is 3.55. The third-order valence-electron chi connectivity index (χ3n) is 4.76. The molecule has 5 rings (SSSR count). The predicted octanol–water partition coefficient (Wildman–Crippen LogP) is 5.04. The fourth-order valence-electron chi connectivity index (χ4n) is 3.55. The topological polar surface area (TPSA) is 34.1 Å². The second-order valence-electron chi connectivity index (χ2n) is 6.15. The second kappa shape index (κ2) is 4.62. The third-order valence-corrected chi connectivity index (χ3v) is 4.76. The highest BCUT2D eigenvalue weighted by molar-refractivity contribution is 6.53. The Morgan fingerprint density at radius 2 is 0.708 bits per heavy atom. The van der Waals surface area contributed by atoms with Crippen molar-refractivity contribution in [2.75, 3.05) is 0 Å². The molecule has 0 saturated heterocycles. The molecule has 1 aliphatic rings. The molecule has 2 nitrogen and oxygen atoms in total. The van der Waals surface area contributed by atoms with Gasteiger partial charge in [0.25, 0.3) is 0 Å². The second-order valence-corrected chi connectivity index (χ2v) is 6.15. The van der Waals surface area contributed by atoms with Gasteiger partial charge in [0.2, 0.25) is 11.6 Å². The van der Waals surface area contributed by atoms with Crippen LogP contribution in [0.15, 0.2) is 72.8 Å². The van der Waals surface area contributed by atoms with Gasteiger partial charge in [-0.2, -0.15) is 0 Å². The maximum Gasteiger partial charge on any atom is 0.234 e. The van der Waals surface area contributed by atoms with Crippen LogP contribution in [-0.4, -0.2) is 11.6 Å². The van der Waals surface area contributed by atoms with E-state index in [1.165, 1.54) is 0 Å². The monoisotopic (exact) mass is 308 g/mol. The lowest BCUT2D eigenvalue weighted by Gasteiger charge is -2.19. The zero-order valence-corrected chi connectivity index (χ0v) is 12.7. The van der Waals surface area contributed by atoms with E-state index in [0.29, 0.717) is 11.1 Å². The van der Waals surface area contributed by atoms with Gasteiger partial charge in [-0.15, -0.1) is 0 Å². The standard InChI is InChI=1S/C22H12O2/c23-21-19-11-15-7-3-1-5-13(15)9-17(19)18-10-14-6-2-4-8-16(14)12-20(18)22(21)24/h1-12H. The van der Waals surface area contributed by atoms with Gasteiger partial charge in [-0.25, -0.2) is 0 Å². The van der Waals surface area contributed by atoms with E-state index in [0.717, 1.165) is 32.7 Å². The first kappa shape index (κ1) is 13.2. The van der Waals surface area contributed by atoms with Gasteiger partial charge in [-0.1, -0.05) is 48.5 Å². The maximum absolute atomic E-state index is 12.6. The Morgan fingerprint density at radius 1 is 0.417 bits per heavy atom. The van der Waals surface area contributed by atoms with E-state index in [-0.39, 0.29) is 0 Å². The average molecular weight is 308 g/mol. The Bertz CT molecular complexity index is 1090. The molecule has 0 aromatic heterocycles. The molecule has 0 bridgehead atoms. The quantitative estimate of drug-likeness (QED) is 0.426. The molecule has 0 spiro atoms. The summed E-state index contributed by atoms with van der Waals surface area (Å²) < 4.78 is 0. The zero-order chi connectivity index (χ0) is 16.3. The smallest absolute Gasteiger partial charge is 0.234 e. The number of hydrogen-bond donors (Lipinski definition) is 0. The molecule has 4 aromatic carbocycles. The number of carbonyl (C=O) groups excluding carboxylic acids is 2. The van der Waals surface area contributed by atoms with Gasteiger partial charge in [-0.3, -0.25) is 9.59 Å². The van der Waals surface area contributed by atoms with Crippen molar-refractivity contribution in [3.05, 3.63) is 83.9 Å². The fraction of sp³-hybridized carbons (Fsp3) is 0. The molecule has 2 heteroatoms. The molecule has 0 amide bonds. The van der Waals surface area contributed by atoms with Crippen molar-refractivity contribution in [3.8, 4) is 11.1 Å². The lowest BCUT2D eigenvalue weighted by Crippen LogP contribution is -2.21. The number of fused-ring (bicyclic) bond motifs is 5. The van der Waals surface area contributed by atoms with E-state index in [1.807, 2.05) is 72.8 Å². The number of hydrogen-bond acceptors (Lipinski definition) is 2. The molecule has 0 saturated carbocycles. The van der Waals surface area contributed by atoms with Crippen molar-refractivity contribution in [1.82, 2.24) is 0 Å². The van der Waals surface area contributed by atoms with Crippen LogP contribution in [0.4, 0.5) is 0 Å². The number of carbonyl (C=O) groups is 2. The van der Waals surface area contributed by atoms with Crippen molar-refractivity contribution < 1.29 is 9.59 Å². The van der Waals surface area contributed by atoms with Crippen molar-refractivity contribution >= 4 is 33.1 Å². The summed E-state index contributed by atoms with van der Waals surface area (Å²) in [5.41, 5.74) is 2.70. The van der Waals surface area contributed by atoms with Crippen LogP contribution in [0, 0.1) is 0 Å². The Balaban J connectivity index is 1.93. The van der Waals surface area contributed by atoms with Gasteiger partial charge in [-0.05, 0) is 56.9 Å². The number of rotatable bonds is 0. The van der Waals surface area contributed by atoms with Gasteiger partial charge < -0.3 is 0 Å². The van der Waals surface area contributed by atoms with Crippen LogP contribution in [0.25, 0.3) is 32.7 Å². The molecule has 0 fully saturated rings. The normalized spacial score (nSPS) is 13.2. The molecular formula is C22H12O2. The van der Waals surface area contributed by atoms with E-state index >= 15 is 0 Å². The minimum absolute atomic E-state index is 0.418. The van der Waals surface area contributed by atoms with Crippen molar-refractivity contribution in [2.24, 2.45) is 0 Å². The zero-order valence-electron chi connectivity index (χ0n) is 12.7. The van der Waals surface area contributed by atoms with E-state index in [4.69, 9.17) is 0 Å². The summed E-state index contributed by atoms with van der Waals surface area (Å²) in [6, 6.07) is 23.5. The van der Waals surface area contributed by atoms with E-state index in [1.54, 1.807) is 0 Å². The Labute approximate surface area is 138 Å². The van der Waals surface area contributed by atoms with E-state index < -0.39 is 11.6 Å². The van der Waals surface area contributed by atoms with Crippen LogP contribution in [-0.2, 0) is 0 Å². The largest absolute Gasteiger partial charge is 0.285 e. The summed E-state index contributed by atoms with van der Waals surface area (Å²) in [5.74, 6) is -0.836. The molecule has 1 aliphatic carbocycles. The molecule has 0 unspecified atom stereocenters. The number of Topliss-reactive ketones (excluding diaryl/α,β-unsaturated/α-hetero) is 2. The highest BCUT2D eigenvalue weighted by Crippen LogP contribution is 2.38. The summed E-state index contributed by atoms with van der Waals surface area (Å²) in [6.45, 7) is 0. The molecule has 0 heterocycles. The van der Waals surface area contributed by atoms with Crippen molar-refractivity contribution in [2.45, 2.75) is 0 Å². The number of ketones is 2. The molecular weight excluding hydrogens is 296 g/mol. The average Bonchev–Trinajstić information content (AvgIpc) is 2.64. The van der Waals surface area contributed by atoms with E-state index in [2.05, 4.69) is 0 Å². The summed E-state index contributed by atoms with van der Waals surface area (Å²) in [6.07, 6.45) is 0. The lowest BCUT2D eigenvalue weighted by atomic mass is 9.81. The first-order chi connectivity index (χ1) is 11.7. The van der Waals surface area contributed by atoms with E-state index in [9.17, 15) is 9.59 Å². The molecule has 112 valence electrons. The van der Waals surface area contributed by atoms with Gasteiger partial charge in [0.1, 0.15) is 0 Å². The van der Waals surface area contributed by atoms with Crippen molar-refractivity contribution in [3.63, 3.8) is 0 Å². The van der Waals surface area contributed by atoms with Crippen molar-refractivity contribution in [1.29, 1.82) is 0 Å².